The molecular formula is C12H21B2O7PS. The van der Waals surface area contributed by atoms with Crippen molar-refractivity contribution in [2.24, 2.45) is 0 Å². The molecule has 0 aromatic heterocycles. The molecule has 0 spiro atoms. The molecule has 2 rings (SSSR count). The summed E-state index contributed by atoms with van der Waals surface area (Å²) in [6.07, 6.45) is -0.745. The summed E-state index contributed by atoms with van der Waals surface area (Å²) >= 11 is 4.94. The highest BCUT2D eigenvalue weighted by atomic mass is 32.5. The molecule has 2 heterocycles. The maximum absolute atomic E-state index is 12.4. The van der Waals surface area contributed by atoms with Crippen molar-refractivity contribution in [1.82, 2.24) is 0 Å². The van der Waals surface area contributed by atoms with Crippen LogP contribution in [0, 0.1) is 0 Å². The lowest BCUT2D eigenvalue weighted by molar-refractivity contribution is -0.215. The zero-order chi connectivity index (χ0) is 17.0. The second-order valence-electron chi connectivity index (χ2n) is 5.51. The minimum Gasteiger partial charge on any atom is -0.780 e. The number of methoxy groups -OCH3 is 2. The van der Waals surface area contributed by atoms with Crippen LogP contribution in [0.4, 0.5) is 0 Å². The van der Waals surface area contributed by atoms with E-state index in [1.165, 1.54) is 7.11 Å². The Morgan fingerprint density at radius 1 is 1.13 bits per heavy atom. The molecule has 0 aromatic rings. The predicted molar refractivity (Wildman–Crippen MR) is 87.0 cm³/mol. The quantitative estimate of drug-likeness (QED) is 0.415. The Balaban J connectivity index is 0.00000288. The smallest absolute Gasteiger partial charge is 0.780 e. The minimum absolute atomic E-state index is 0. The molecule has 2 aliphatic rings. The maximum atomic E-state index is 12.4. The van der Waals surface area contributed by atoms with Crippen molar-refractivity contribution in [3.8, 4) is 0 Å². The van der Waals surface area contributed by atoms with Crippen LogP contribution in [0.15, 0.2) is 0 Å². The van der Waals surface area contributed by atoms with Crippen LogP contribution in [0.1, 0.15) is 14.3 Å². The van der Waals surface area contributed by atoms with Crippen LogP contribution in [0.3, 0.4) is 0 Å². The Bertz CT molecular complexity index is 438. The van der Waals surface area contributed by atoms with Gasteiger partial charge in [0.2, 0.25) is 0 Å². The third-order valence-corrected chi connectivity index (χ3v) is 5.32. The largest absolute Gasteiger partial charge is 1.00 e. The molecule has 3 unspecified atom stereocenters. The molecule has 23 heavy (non-hydrogen) atoms. The Kier molecular flexibility index (Phi) is 7.53. The van der Waals surface area contributed by atoms with E-state index in [2.05, 4.69) is 0 Å². The van der Waals surface area contributed by atoms with Crippen molar-refractivity contribution < 1.29 is 34.3 Å². The highest BCUT2D eigenvalue weighted by Crippen LogP contribution is 2.44. The van der Waals surface area contributed by atoms with Gasteiger partial charge in [-0.2, -0.15) is 0 Å². The van der Waals surface area contributed by atoms with E-state index in [9.17, 15) is 4.89 Å². The summed E-state index contributed by atoms with van der Waals surface area (Å²) in [5.41, 5.74) is 0. The van der Waals surface area contributed by atoms with E-state index in [1.54, 1.807) is 7.11 Å². The average Bonchev–Trinajstić information content (AvgIpc) is 2.99. The van der Waals surface area contributed by atoms with Gasteiger partial charge in [0, 0.05) is 26.2 Å². The van der Waals surface area contributed by atoms with E-state index >= 15 is 0 Å². The maximum Gasteiger partial charge on any atom is 1.00 e. The van der Waals surface area contributed by atoms with Gasteiger partial charge in [-0.05, 0) is 12.8 Å². The van der Waals surface area contributed by atoms with Crippen LogP contribution in [0.25, 0.3) is 0 Å². The Labute approximate surface area is 145 Å². The van der Waals surface area contributed by atoms with Gasteiger partial charge in [-0.25, -0.2) is 0 Å². The van der Waals surface area contributed by atoms with Gasteiger partial charge in [-0.3, -0.25) is 0 Å². The fraction of sp³-hybridized carbons (Fsp3) is 1.00. The molecule has 0 N–H and O–H groups in total. The highest BCUT2D eigenvalue weighted by Gasteiger charge is 2.36. The standard InChI is InChI=1S/C12H21B2O7PS/c1-16-5-9-8(4-12(14)19-9)21-22(15,23)18-6-10-7(17-2)3-11(13)20-10/h7-12H,3-6H2,1-2H3,(H,15,23)/t7?,8?,9-,10-,11-,12-,22?/m1/s1. The number of rotatable bonds is 8. The van der Waals surface area contributed by atoms with E-state index in [4.69, 9.17) is 55.5 Å². The normalized spacial score (nSPS) is 40.3. The lowest BCUT2D eigenvalue weighted by Crippen LogP contribution is -2.32. The molecule has 0 aromatic carbocycles. The summed E-state index contributed by atoms with van der Waals surface area (Å²) in [6.45, 7) is -3.48. The lowest BCUT2D eigenvalue weighted by atomic mass is 9.96. The van der Waals surface area contributed by atoms with Crippen molar-refractivity contribution in [3.05, 3.63) is 0 Å². The summed E-state index contributed by atoms with van der Waals surface area (Å²) in [5, 5.41) is 0. The first-order chi connectivity index (χ1) is 10.8. The van der Waals surface area contributed by atoms with Gasteiger partial charge in [0.15, 0.2) is 0 Å². The molecule has 7 atom stereocenters. The molecule has 0 bridgehead atoms. The van der Waals surface area contributed by atoms with Gasteiger partial charge in [0.25, 0.3) is 0 Å². The van der Waals surface area contributed by atoms with E-state index in [1.807, 2.05) is 0 Å². The fourth-order valence-corrected chi connectivity index (χ4v) is 4.13. The summed E-state index contributed by atoms with van der Waals surface area (Å²) in [5.74, 6) is 0. The number of ether oxygens (including phenoxy) is 4. The molecule has 0 amide bonds. The van der Waals surface area contributed by atoms with Crippen LogP contribution >= 0.6 is 6.72 Å². The first-order valence-electron chi connectivity index (χ1n) is 7.32. The van der Waals surface area contributed by atoms with Crippen molar-refractivity contribution in [1.29, 1.82) is 0 Å². The summed E-state index contributed by atoms with van der Waals surface area (Å²) in [4.78, 5) is 12.4. The van der Waals surface area contributed by atoms with Gasteiger partial charge < -0.3 is 32.9 Å². The second-order valence-corrected chi connectivity index (χ2v) is 8.22. The summed E-state index contributed by atoms with van der Waals surface area (Å²) in [6, 6.07) is -0.949. The van der Waals surface area contributed by atoms with Gasteiger partial charge >= 0.3 is 1.43 Å². The SMILES string of the molecule is [B][C@H]1CC(OC)[C@@H](COP([O-])(=S)OC2C[C@H]([B])O[C@@H]2COC)O1.[H+]. The Morgan fingerprint density at radius 2 is 1.70 bits per heavy atom. The Morgan fingerprint density at radius 3 is 2.26 bits per heavy atom. The van der Waals surface area contributed by atoms with Crippen molar-refractivity contribution in [2.75, 3.05) is 27.4 Å². The second kappa shape index (κ2) is 8.74. The van der Waals surface area contributed by atoms with Crippen LogP contribution in [-0.2, 0) is 39.8 Å². The van der Waals surface area contributed by atoms with E-state index in [-0.39, 0.29) is 20.7 Å². The van der Waals surface area contributed by atoms with Crippen LogP contribution < -0.4 is 4.89 Å². The van der Waals surface area contributed by atoms with Gasteiger partial charge in [0.1, 0.15) is 34.6 Å². The van der Waals surface area contributed by atoms with Crippen molar-refractivity contribution in [2.45, 2.75) is 49.3 Å². The molecule has 4 radical (unpaired) electrons. The third kappa shape index (κ3) is 5.76. The van der Waals surface area contributed by atoms with Gasteiger partial charge in [-0.15, -0.1) is 0 Å². The summed E-state index contributed by atoms with van der Waals surface area (Å²) < 4.78 is 31.8. The van der Waals surface area contributed by atoms with Crippen LogP contribution in [-0.4, -0.2) is 79.5 Å². The minimum atomic E-state index is -3.72. The monoisotopic (exact) mass is 362 g/mol. The Hall–Kier alpha value is 0.500. The van der Waals surface area contributed by atoms with E-state index in [0.29, 0.717) is 12.8 Å². The molecular weight excluding hydrogens is 341 g/mol. The molecule has 11 heteroatoms. The van der Waals surface area contributed by atoms with E-state index in [0.717, 1.165) is 0 Å². The fourth-order valence-electron chi connectivity index (χ4n) is 2.67. The molecule has 7 nitrogen and oxygen atoms in total. The van der Waals surface area contributed by atoms with Crippen LogP contribution in [0.5, 0.6) is 0 Å². The molecule has 0 aliphatic carbocycles. The van der Waals surface area contributed by atoms with Crippen LogP contribution in [0.2, 0.25) is 0 Å². The van der Waals surface area contributed by atoms with Crippen molar-refractivity contribution in [3.63, 3.8) is 0 Å². The van der Waals surface area contributed by atoms with Crippen molar-refractivity contribution >= 4 is 34.2 Å². The molecule has 128 valence electrons. The highest BCUT2D eigenvalue weighted by molar-refractivity contribution is 8.06. The predicted octanol–water partition coefficient (Wildman–Crippen LogP) is -0.686. The zero-order valence-corrected chi connectivity index (χ0v) is 14.9. The number of hydrogen-bond donors (Lipinski definition) is 0. The topological polar surface area (TPSA) is 78.4 Å². The average molecular weight is 362 g/mol. The molecule has 2 aliphatic heterocycles. The molecule has 0 saturated carbocycles. The first-order valence-corrected chi connectivity index (χ1v) is 9.88. The van der Waals surface area contributed by atoms with Gasteiger partial charge in [-0.1, -0.05) is 11.8 Å². The first kappa shape index (κ1) is 19.8. The molecule has 2 fully saturated rings. The van der Waals surface area contributed by atoms with E-state index < -0.39 is 37.0 Å². The lowest BCUT2D eigenvalue weighted by Gasteiger charge is -2.33. The third-order valence-electron chi connectivity index (χ3n) is 3.75. The summed E-state index contributed by atoms with van der Waals surface area (Å²) in [7, 11) is 14.5. The molecule has 2 saturated heterocycles. The number of hydrogen-bond acceptors (Lipinski definition) is 8. The van der Waals surface area contributed by atoms with Gasteiger partial charge in [0.05, 0.1) is 25.4 Å². The zero-order valence-electron chi connectivity index (χ0n) is 14.2.